The molecule has 1 saturated heterocycles. The molecule has 1 heterocycles. The van der Waals surface area contributed by atoms with Crippen LogP contribution in [0.3, 0.4) is 0 Å². The van der Waals surface area contributed by atoms with Gasteiger partial charge >= 0.3 is 0 Å². The molecule has 2 aromatic rings. The average Bonchev–Trinajstić information content (AvgIpc) is 2.86. The van der Waals surface area contributed by atoms with Crippen LogP contribution in [0, 0.1) is 13.8 Å². The Hall–Kier alpha value is -2.25. The summed E-state index contributed by atoms with van der Waals surface area (Å²) in [6.07, 6.45) is 0.193. The van der Waals surface area contributed by atoms with Gasteiger partial charge in [0.1, 0.15) is 5.75 Å². The second kappa shape index (κ2) is 7.29. The number of sulfonamides is 1. The maximum Gasteiger partial charge on any atom is 0.249 e. The van der Waals surface area contributed by atoms with Crippen LogP contribution in [0.25, 0.3) is 0 Å². The zero-order valence-corrected chi connectivity index (χ0v) is 17.8. The summed E-state index contributed by atoms with van der Waals surface area (Å²) >= 11 is 6.10. The zero-order chi connectivity index (χ0) is 20.7. The Bertz CT molecular complexity index is 1020. The van der Waals surface area contributed by atoms with Gasteiger partial charge < -0.3 is 10.1 Å². The van der Waals surface area contributed by atoms with Gasteiger partial charge in [0.05, 0.1) is 17.8 Å². The van der Waals surface area contributed by atoms with E-state index in [1.54, 1.807) is 12.1 Å². The highest BCUT2D eigenvalue weighted by Crippen LogP contribution is 2.40. The summed E-state index contributed by atoms with van der Waals surface area (Å²) in [5.41, 5.74) is 2.77. The van der Waals surface area contributed by atoms with Crippen LogP contribution in [0.1, 0.15) is 24.5 Å². The van der Waals surface area contributed by atoms with Gasteiger partial charge in [0.2, 0.25) is 15.9 Å². The van der Waals surface area contributed by atoms with Crippen molar-refractivity contribution in [2.24, 2.45) is 0 Å². The van der Waals surface area contributed by atoms with Crippen LogP contribution in [0.5, 0.6) is 5.75 Å². The van der Waals surface area contributed by atoms with Gasteiger partial charge in [-0.2, -0.15) is 0 Å². The van der Waals surface area contributed by atoms with Gasteiger partial charge in [-0.1, -0.05) is 29.8 Å². The van der Waals surface area contributed by atoms with Gasteiger partial charge in [-0.25, -0.2) is 8.42 Å². The molecule has 0 saturated carbocycles. The summed E-state index contributed by atoms with van der Waals surface area (Å²) in [6, 6.07) is 10.4. The maximum atomic E-state index is 13.3. The van der Waals surface area contributed by atoms with Crippen molar-refractivity contribution in [2.45, 2.75) is 31.9 Å². The smallest absolute Gasteiger partial charge is 0.249 e. The summed E-state index contributed by atoms with van der Waals surface area (Å²) in [7, 11) is -2.41. The molecule has 2 aromatic carbocycles. The number of hydrogen-bond acceptors (Lipinski definition) is 4. The summed E-state index contributed by atoms with van der Waals surface area (Å²) < 4.78 is 31.6. The number of anilines is 2. The zero-order valence-electron chi connectivity index (χ0n) is 16.2. The molecule has 28 heavy (non-hydrogen) atoms. The minimum atomic E-state index is -3.90. The Kier molecular flexibility index (Phi) is 5.34. The van der Waals surface area contributed by atoms with E-state index in [0.717, 1.165) is 11.1 Å². The third-order valence-corrected chi connectivity index (χ3v) is 8.00. The second-order valence-electron chi connectivity index (χ2n) is 7.10. The van der Waals surface area contributed by atoms with Crippen molar-refractivity contribution in [1.82, 2.24) is 0 Å². The molecule has 0 aliphatic carbocycles. The number of methoxy groups -OCH3 is 1. The molecule has 3 rings (SSSR count). The van der Waals surface area contributed by atoms with Gasteiger partial charge in [-0.05, 0) is 56.5 Å². The van der Waals surface area contributed by atoms with Crippen LogP contribution >= 0.6 is 11.6 Å². The lowest BCUT2D eigenvalue weighted by atomic mass is 10.1. The van der Waals surface area contributed by atoms with E-state index >= 15 is 0 Å². The number of nitrogens with one attached hydrogen (secondary N) is 1. The van der Waals surface area contributed by atoms with E-state index in [-0.39, 0.29) is 13.0 Å². The molecule has 0 radical (unpaired) electrons. The fourth-order valence-electron chi connectivity index (χ4n) is 3.48. The largest absolute Gasteiger partial charge is 0.495 e. The van der Waals surface area contributed by atoms with Crippen LogP contribution in [0.15, 0.2) is 36.4 Å². The van der Waals surface area contributed by atoms with Gasteiger partial charge in [0.15, 0.2) is 4.75 Å². The lowest BCUT2D eigenvalue weighted by Gasteiger charge is -2.27. The van der Waals surface area contributed by atoms with E-state index in [2.05, 4.69) is 5.32 Å². The Morgan fingerprint density at radius 3 is 2.43 bits per heavy atom. The minimum Gasteiger partial charge on any atom is -0.495 e. The summed E-state index contributed by atoms with van der Waals surface area (Å²) in [5.74, 6) is -0.108. The number of amides is 1. The first-order valence-electron chi connectivity index (χ1n) is 8.85. The molecule has 0 aromatic heterocycles. The van der Waals surface area contributed by atoms with Crippen molar-refractivity contribution in [2.75, 3.05) is 23.3 Å². The normalized spacial score (nSPS) is 20.8. The van der Waals surface area contributed by atoms with E-state index in [0.29, 0.717) is 22.1 Å². The van der Waals surface area contributed by atoms with Crippen LogP contribution < -0.4 is 14.4 Å². The first-order valence-corrected chi connectivity index (χ1v) is 10.7. The summed E-state index contributed by atoms with van der Waals surface area (Å²) in [4.78, 5) is 13.0. The Balaban J connectivity index is 1.92. The van der Waals surface area contributed by atoms with Crippen molar-refractivity contribution in [3.63, 3.8) is 0 Å². The Morgan fingerprint density at radius 1 is 1.21 bits per heavy atom. The quantitative estimate of drug-likeness (QED) is 0.810. The number of aryl methyl sites for hydroxylation is 2. The standard InChI is InChI=1S/C20H23ClN2O4S/c1-13-6-5-7-14(2)18(13)23-11-10-20(3,28(23,25)26)19(24)22-15-8-9-17(27-4)16(21)12-15/h5-9,12H,10-11H2,1-4H3,(H,22,24)/t20-/m0/s1. The van der Waals surface area contributed by atoms with Crippen LogP contribution in [-0.2, 0) is 14.8 Å². The lowest BCUT2D eigenvalue weighted by molar-refractivity contribution is -0.118. The fraction of sp³-hybridized carbons (Fsp3) is 0.350. The number of halogens is 1. The molecular formula is C20H23ClN2O4S. The van der Waals surface area contributed by atoms with Gasteiger partial charge in [-0.3, -0.25) is 9.10 Å². The highest BCUT2D eigenvalue weighted by molar-refractivity contribution is 7.95. The predicted octanol–water partition coefficient (Wildman–Crippen LogP) is 3.90. The predicted molar refractivity (Wildman–Crippen MR) is 112 cm³/mol. The number of benzene rings is 2. The highest BCUT2D eigenvalue weighted by atomic mass is 35.5. The molecule has 6 nitrogen and oxygen atoms in total. The molecule has 0 spiro atoms. The minimum absolute atomic E-state index is 0.193. The number of ether oxygens (including phenoxy) is 1. The molecule has 1 fully saturated rings. The molecule has 1 N–H and O–H groups in total. The topological polar surface area (TPSA) is 75.7 Å². The van der Waals surface area contributed by atoms with E-state index < -0.39 is 20.7 Å². The molecular weight excluding hydrogens is 400 g/mol. The SMILES string of the molecule is COc1ccc(NC(=O)[C@]2(C)CCN(c3c(C)cccc3C)S2(=O)=O)cc1Cl. The Morgan fingerprint density at radius 2 is 1.86 bits per heavy atom. The molecule has 1 atom stereocenters. The van der Waals surface area contributed by atoms with E-state index in [1.807, 2.05) is 32.0 Å². The fourth-order valence-corrected chi connectivity index (χ4v) is 5.72. The van der Waals surface area contributed by atoms with Crippen molar-refractivity contribution in [3.8, 4) is 5.75 Å². The molecule has 150 valence electrons. The highest BCUT2D eigenvalue weighted by Gasteiger charge is 2.55. The third-order valence-electron chi connectivity index (χ3n) is 5.23. The molecule has 1 aliphatic heterocycles. The lowest BCUT2D eigenvalue weighted by Crippen LogP contribution is -2.47. The number of hydrogen-bond donors (Lipinski definition) is 1. The summed E-state index contributed by atoms with van der Waals surface area (Å²) in [6.45, 7) is 5.46. The van der Waals surface area contributed by atoms with Crippen LogP contribution in [0.4, 0.5) is 11.4 Å². The molecule has 0 bridgehead atoms. The number of carbonyl (C=O) groups is 1. The third kappa shape index (κ3) is 3.22. The van der Waals surface area contributed by atoms with Crippen molar-refractivity contribution >= 4 is 38.9 Å². The first kappa shape index (κ1) is 20.5. The first-order chi connectivity index (χ1) is 13.1. The van der Waals surface area contributed by atoms with Crippen molar-refractivity contribution in [3.05, 3.63) is 52.5 Å². The average molecular weight is 423 g/mol. The number of para-hydroxylation sites is 1. The van der Waals surface area contributed by atoms with Crippen molar-refractivity contribution in [1.29, 1.82) is 0 Å². The van der Waals surface area contributed by atoms with E-state index in [4.69, 9.17) is 16.3 Å². The van der Waals surface area contributed by atoms with Gasteiger partial charge in [-0.15, -0.1) is 0 Å². The molecule has 0 unspecified atom stereocenters. The van der Waals surface area contributed by atoms with E-state index in [1.165, 1.54) is 24.4 Å². The monoisotopic (exact) mass is 422 g/mol. The van der Waals surface area contributed by atoms with Crippen LogP contribution in [-0.4, -0.2) is 32.7 Å². The van der Waals surface area contributed by atoms with Gasteiger partial charge in [0, 0.05) is 12.2 Å². The number of rotatable bonds is 4. The van der Waals surface area contributed by atoms with E-state index in [9.17, 15) is 13.2 Å². The summed E-state index contributed by atoms with van der Waals surface area (Å²) in [5, 5.41) is 3.02. The second-order valence-corrected chi connectivity index (χ2v) is 9.80. The molecule has 1 aliphatic rings. The van der Waals surface area contributed by atoms with Crippen molar-refractivity contribution < 1.29 is 17.9 Å². The molecule has 8 heteroatoms. The number of nitrogens with zero attached hydrogens (tertiary/aromatic N) is 1. The number of carbonyl (C=O) groups excluding carboxylic acids is 1. The van der Waals surface area contributed by atoms with Crippen LogP contribution in [0.2, 0.25) is 5.02 Å². The maximum absolute atomic E-state index is 13.3. The van der Waals surface area contributed by atoms with Gasteiger partial charge in [0.25, 0.3) is 0 Å². The Labute approximate surface area is 170 Å². The molecule has 1 amide bonds.